The predicted octanol–water partition coefficient (Wildman–Crippen LogP) is 2.92. The van der Waals surface area contributed by atoms with Crippen molar-refractivity contribution in [2.75, 3.05) is 5.32 Å². The first-order valence-corrected chi connectivity index (χ1v) is 5.59. The highest BCUT2D eigenvalue weighted by atomic mass is 79.9. The Morgan fingerprint density at radius 2 is 2.40 bits per heavy atom. The maximum atomic E-state index is 8.66. The van der Waals surface area contributed by atoms with Crippen molar-refractivity contribution in [3.05, 3.63) is 22.7 Å². The first kappa shape index (κ1) is 10.3. The van der Waals surface area contributed by atoms with Gasteiger partial charge in [-0.3, -0.25) is 0 Å². The SMILES string of the molecule is CC1Nc2cc(Br)ccc2OC1CC#N. The number of hydrogen-bond donors (Lipinski definition) is 1. The Kier molecular flexibility index (Phi) is 2.83. The van der Waals surface area contributed by atoms with E-state index in [1.165, 1.54) is 0 Å². The number of anilines is 1. The summed E-state index contributed by atoms with van der Waals surface area (Å²) >= 11 is 3.41. The normalized spacial score (nSPS) is 23.3. The molecule has 1 aliphatic rings. The average Bonchev–Trinajstić information content (AvgIpc) is 2.20. The van der Waals surface area contributed by atoms with Gasteiger partial charge < -0.3 is 10.1 Å². The van der Waals surface area contributed by atoms with Crippen molar-refractivity contribution in [1.82, 2.24) is 0 Å². The molecular formula is C11H11BrN2O. The van der Waals surface area contributed by atoms with Crippen molar-refractivity contribution in [3.8, 4) is 11.8 Å². The van der Waals surface area contributed by atoms with E-state index in [9.17, 15) is 0 Å². The van der Waals surface area contributed by atoms with Crippen molar-refractivity contribution >= 4 is 21.6 Å². The van der Waals surface area contributed by atoms with E-state index in [1.807, 2.05) is 25.1 Å². The summed E-state index contributed by atoms with van der Waals surface area (Å²) in [7, 11) is 0. The summed E-state index contributed by atoms with van der Waals surface area (Å²) in [5.74, 6) is 0.816. The molecular weight excluding hydrogens is 256 g/mol. The van der Waals surface area contributed by atoms with Crippen LogP contribution in [0, 0.1) is 11.3 Å². The third-order valence-electron chi connectivity index (χ3n) is 2.45. The van der Waals surface area contributed by atoms with Gasteiger partial charge in [0.1, 0.15) is 11.9 Å². The second-order valence-electron chi connectivity index (χ2n) is 3.59. The van der Waals surface area contributed by atoms with Gasteiger partial charge in [-0.25, -0.2) is 0 Å². The van der Waals surface area contributed by atoms with E-state index in [2.05, 4.69) is 27.3 Å². The van der Waals surface area contributed by atoms with E-state index >= 15 is 0 Å². The molecule has 3 nitrogen and oxygen atoms in total. The molecule has 2 atom stereocenters. The summed E-state index contributed by atoms with van der Waals surface area (Å²) in [6.45, 7) is 2.02. The van der Waals surface area contributed by atoms with Crippen LogP contribution in [0.5, 0.6) is 5.75 Å². The fourth-order valence-electron chi connectivity index (χ4n) is 1.63. The third kappa shape index (κ3) is 2.07. The van der Waals surface area contributed by atoms with Gasteiger partial charge in [-0.15, -0.1) is 0 Å². The summed E-state index contributed by atoms with van der Waals surface area (Å²) in [4.78, 5) is 0. The average molecular weight is 267 g/mol. The first-order chi connectivity index (χ1) is 7.20. The minimum atomic E-state index is -0.0660. The predicted molar refractivity (Wildman–Crippen MR) is 61.9 cm³/mol. The maximum Gasteiger partial charge on any atom is 0.143 e. The molecule has 0 spiro atoms. The molecule has 0 saturated heterocycles. The Morgan fingerprint density at radius 1 is 1.60 bits per heavy atom. The second kappa shape index (κ2) is 4.11. The van der Waals surface area contributed by atoms with Gasteiger partial charge in [0.25, 0.3) is 0 Å². The fraction of sp³-hybridized carbons (Fsp3) is 0.364. The van der Waals surface area contributed by atoms with Gasteiger partial charge in [-0.1, -0.05) is 15.9 Å². The number of ether oxygens (including phenoxy) is 1. The Hall–Kier alpha value is -1.21. The van der Waals surface area contributed by atoms with Crippen LogP contribution in [-0.4, -0.2) is 12.1 Å². The van der Waals surface area contributed by atoms with Crippen molar-refractivity contribution < 1.29 is 4.74 Å². The minimum absolute atomic E-state index is 0.0660. The third-order valence-corrected chi connectivity index (χ3v) is 2.95. The van der Waals surface area contributed by atoms with Gasteiger partial charge in [-0.05, 0) is 25.1 Å². The topological polar surface area (TPSA) is 45.0 Å². The van der Waals surface area contributed by atoms with Gasteiger partial charge in [0, 0.05) is 4.47 Å². The number of benzene rings is 1. The summed E-state index contributed by atoms with van der Waals surface area (Å²) in [6.07, 6.45) is 0.340. The molecule has 0 bridgehead atoms. The molecule has 1 heterocycles. The van der Waals surface area contributed by atoms with Crippen LogP contribution in [0.1, 0.15) is 13.3 Å². The van der Waals surface area contributed by atoms with Crippen LogP contribution in [0.2, 0.25) is 0 Å². The van der Waals surface area contributed by atoms with Gasteiger partial charge in [-0.2, -0.15) is 5.26 Å². The van der Waals surface area contributed by atoms with E-state index in [0.717, 1.165) is 15.9 Å². The quantitative estimate of drug-likeness (QED) is 0.850. The van der Waals surface area contributed by atoms with Crippen molar-refractivity contribution in [3.63, 3.8) is 0 Å². The van der Waals surface area contributed by atoms with Crippen molar-refractivity contribution in [1.29, 1.82) is 5.26 Å². The van der Waals surface area contributed by atoms with E-state index < -0.39 is 0 Å². The highest BCUT2D eigenvalue weighted by Gasteiger charge is 2.25. The lowest BCUT2D eigenvalue weighted by Gasteiger charge is -2.31. The monoisotopic (exact) mass is 266 g/mol. The zero-order chi connectivity index (χ0) is 10.8. The van der Waals surface area contributed by atoms with Crippen LogP contribution in [0.15, 0.2) is 22.7 Å². The molecule has 1 aliphatic heterocycles. The van der Waals surface area contributed by atoms with Crippen LogP contribution in [-0.2, 0) is 0 Å². The minimum Gasteiger partial charge on any atom is -0.485 e. The molecule has 2 unspecified atom stereocenters. The van der Waals surface area contributed by atoms with Crippen LogP contribution in [0.25, 0.3) is 0 Å². The number of fused-ring (bicyclic) bond motifs is 1. The molecule has 78 valence electrons. The molecule has 0 aromatic heterocycles. The highest BCUT2D eigenvalue weighted by molar-refractivity contribution is 9.10. The van der Waals surface area contributed by atoms with E-state index in [1.54, 1.807) is 0 Å². The van der Waals surface area contributed by atoms with Gasteiger partial charge >= 0.3 is 0 Å². The Balaban J connectivity index is 2.26. The zero-order valence-corrected chi connectivity index (χ0v) is 9.91. The number of nitriles is 1. The second-order valence-corrected chi connectivity index (χ2v) is 4.51. The number of rotatable bonds is 1. The van der Waals surface area contributed by atoms with Crippen LogP contribution >= 0.6 is 15.9 Å². The number of hydrogen-bond acceptors (Lipinski definition) is 3. The van der Waals surface area contributed by atoms with Gasteiger partial charge in [0.05, 0.1) is 24.2 Å². The van der Waals surface area contributed by atoms with Crippen LogP contribution in [0.3, 0.4) is 0 Å². The summed E-state index contributed by atoms with van der Waals surface area (Å²) < 4.78 is 6.75. The number of nitrogens with zero attached hydrogens (tertiary/aromatic N) is 1. The standard InChI is InChI=1S/C11H11BrN2O/c1-7-10(4-5-13)15-11-3-2-8(12)6-9(11)14-7/h2-3,6-7,10,14H,4H2,1H3. The Labute approximate surface area is 97.2 Å². The zero-order valence-electron chi connectivity index (χ0n) is 8.33. The molecule has 0 radical (unpaired) electrons. The van der Waals surface area contributed by atoms with E-state index in [0.29, 0.717) is 6.42 Å². The lowest BCUT2D eigenvalue weighted by atomic mass is 10.1. The summed E-state index contributed by atoms with van der Waals surface area (Å²) in [5.41, 5.74) is 0.978. The van der Waals surface area contributed by atoms with Crippen LogP contribution in [0.4, 0.5) is 5.69 Å². The molecule has 2 rings (SSSR count). The fourth-order valence-corrected chi connectivity index (χ4v) is 1.99. The molecule has 15 heavy (non-hydrogen) atoms. The smallest absolute Gasteiger partial charge is 0.143 e. The Bertz CT molecular complexity index is 414. The first-order valence-electron chi connectivity index (χ1n) is 4.80. The molecule has 1 aromatic carbocycles. The molecule has 1 N–H and O–H groups in total. The van der Waals surface area contributed by atoms with E-state index in [-0.39, 0.29) is 12.1 Å². The molecule has 4 heteroatoms. The lowest BCUT2D eigenvalue weighted by Crippen LogP contribution is -2.38. The molecule has 0 fully saturated rings. The highest BCUT2D eigenvalue weighted by Crippen LogP contribution is 2.34. The van der Waals surface area contributed by atoms with E-state index in [4.69, 9.17) is 10.00 Å². The van der Waals surface area contributed by atoms with Gasteiger partial charge in [0.15, 0.2) is 0 Å². The molecule has 0 aliphatic carbocycles. The van der Waals surface area contributed by atoms with Crippen LogP contribution < -0.4 is 10.1 Å². The van der Waals surface area contributed by atoms with Gasteiger partial charge in [0.2, 0.25) is 0 Å². The number of halogens is 1. The Morgan fingerprint density at radius 3 is 3.13 bits per heavy atom. The summed E-state index contributed by atoms with van der Waals surface area (Å²) in [6, 6.07) is 8.11. The number of nitrogens with one attached hydrogen (secondary N) is 1. The molecule has 0 amide bonds. The molecule has 0 saturated carbocycles. The lowest BCUT2D eigenvalue weighted by molar-refractivity contribution is 0.179. The molecule has 1 aromatic rings. The maximum absolute atomic E-state index is 8.66. The summed E-state index contributed by atoms with van der Waals surface area (Å²) in [5, 5.41) is 12.0. The van der Waals surface area contributed by atoms with Crippen molar-refractivity contribution in [2.24, 2.45) is 0 Å². The van der Waals surface area contributed by atoms with Crippen molar-refractivity contribution in [2.45, 2.75) is 25.5 Å². The largest absolute Gasteiger partial charge is 0.485 e.